The first-order chi connectivity index (χ1) is 7.98. The van der Waals surface area contributed by atoms with Crippen LogP contribution in [0.3, 0.4) is 0 Å². The predicted octanol–water partition coefficient (Wildman–Crippen LogP) is 1.78. The van der Waals surface area contributed by atoms with E-state index < -0.39 is 0 Å². The van der Waals surface area contributed by atoms with Crippen molar-refractivity contribution >= 4 is 0 Å². The van der Waals surface area contributed by atoms with Crippen molar-refractivity contribution < 1.29 is 0 Å². The van der Waals surface area contributed by atoms with E-state index in [4.69, 9.17) is 5.73 Å². The molecule has 1 aliphatic heterocycles. The minimum Gasteiger partial charge on any atom is -0.330 e. The summed E-state index contributed by atoms with van der Waals surface area (Å²) in [5.74, 6) is 0. The molecule has 102 valence electrons. The molecule has 1 aliphatic rings. The zero-order valence-corrected chi connectivity index (χ0v) is 12.2. The summed E-state index contributed by atoms with van der Waals surface area (Å²) < 4.78 is 0. The Bertz CT molecular complexity index is 208. The summed E-state index contributed by atoms with van der Waals surface area (Å²) >= 11 is 0. The van der Waals surface area contributed by atoms with Gasteiger partial charge in [-0.1, -0.05) is 20.8 Å². The molecule has 1 fully saturated rings. The number of piperidine rings is 1. The number of likely N-dealkylation sites (tertiary alicyclic amines) is 1. The maximum atomic E-state index is 5.87. The van der Waals surface area contributed by atoms with Gasteiger partial charge in [0.15, 0.2) is 0 Å². The standard InChI is InChI=1S/C14H31N3/c1-5-8-17(12-14(2,3)11-15)13-6-9-16(4)10-7-13/h13H,5-12,15H2,1-4H3. The molecule has 1 saturated heterocycles. The quantitative estimate of drug-likeness (QED) is 0.769. The van der Waals surface area contributed by atoms with Crippen LogP contribution in [-0.2, 0) is 0 Å². The molecule has 3 nitrogen and oxygen atoms in total. The predicted molar refractivity (Wildman–Crippen MR) is 75.2 cm³/mol. The molecule has 0 atom stereocenters. The molecule has 0 saturated carbocycles. The Hall–Kier alpha value is -0.120. The normalized spacial score (nSPS) is 20.1. The maximum absolute atomic E-state index is 5.87. The van der Waals surface area contributed by atoms with Crippen molar-refractivity contribution in [2.24, 2.45) is 11.1 Å². The van der Waals surface area contributed by atoms with Gasteiger partial charge in [0.05, 0.1) is 0 Å². The van der Waals surface area contributed by atoms with E-state index in [-0.39, 0.29) is 5.41 Å². The Morgan fingerprint density at radius 3 is 2.35 bits per heavy atom. The molecule has 0 aromatic carbocycles. The zero-order valence-electron chi connectivity index (χ0n) is 12.2. The Morgan fingerprint density at radius 2 is 1.88 bits per heavy atom. The molecule has 0 radical (unpaired) electrons. The largest absolute Gasteiger partial charge is 0.330 e. The second kappa shape index (κ2) is 6.72. The molecule has 3 heteroatoms. The first kappa shape index (κ1) is 14.9. The Labute approximate surface area is 107 Å². The SMILES string of the molecule is CCCN(CC(C)(C)CN)C1CCN(C)CC1. The lowest BCUT2D eigenvalue weighted by Gasteiger charge is -2.40. The third kappa shape index (κ3) is 4.94. The van der Waals surface area contributed by atoms with Crippen molar-refractivity contribution in [2.75, 3.05) is 39.8 Å². The first-order valence-corrected chi connectivity index (χ1v) is 7.11. The lowest BCUT2D eigenvalue weighted by atomic mass is 9.91. The molecular formula is C14H31N3. The van der Waals surface area contributed by atoms with Gasteiger partial charge < -0.3 is 10.6 Å². The molecular weight excluding hydrogens is 210 g/mol. The summed E-state index contributed by atoms with van der Waals surface area (Å²) in [7, 11) is 2.23. The minimum atomic E-state index is 0.249. The van der Waals surface area contributed by atoms with Gasteiger partial charge in [-0.3, -0.25) is 4.90 Å². The highest BCUT2D eigenvalue weighted by atomic mass is 15.2. The number of nitrogens with two attached hydrogens (primary N) is 1. The molecule has 1 rings (SSSR count). The monoisotopic (exact) mass is 241 g/mol. The topological polar surface area (TPSA) is 32.5 Å². The summed E-state index contributed by atoms with van der Waals surface area (Å²) in [5, 5.41) is 0. The summed E-state index contributed by atoms with van der Waals surface area (Å²) in [6.45, 7) is 12.5. The average molecular weight is 241 g/mol. The van der Waals surface area contributed by atoms with Crippen LogP contribution in [0.4, 0.5) is 0 Å². The summed E-state index contributed by atoms with van der Waals surface area (Å²) in [5.41, 5.74) is 6.12. The molecule has 0 aliphatic carbocycles. The van der Waals surface area contributed by atoms with Crippen molar-refractivity contribution in [2.45, 2.75) is 46.1 Å². The highest BCUT2D eigenvalue weighted by Gasteiger charge is 2.27. The van der Waals surface area contributed by atoms with E-state index in [0.717, 1.165) is 19.1 Å². The first-order valence-electron chi connectivity index (χ1n) is 7.11. The van der Waals surface area contributed by atoms with E-state index in [1.165, 1.54) is 38.9 Å². The maximum Gasteiger partial charge on any atom is 0.0120 e. The number of hydrogen-bond donors (Lipinski definition) is 1. The highest BCUT2D eigenvalue weighted by Crippen LogP contribution is 2.22. The molecule has 0 amide bonds. The van der Waals surface area contributed by atoms with Crippen LogP contribution in [0.2, 0.25) is 0 Å². The molecule has 17 heavy (non-hydrogen) atoms. The van der Waals surface area contributed by atoms with Crippen LogP contribution >= 0.6 is 0 Å². The van der Waals surface area contributed by atoms with Gasteiger partial charge in [-0.15, -0.1) is 0 Å². The number of rotatable bonds is 6. The second-order valence-corrected chi connectivity index (χ2v) is 6.37. The van der Waals surface area contributed by atoms with Crippen LogP contribution in [-0.4, -0.2) is 55.6 Å². The summed E-state index contributed by atoms with van der Waals surface area (Å²) in [6, 6.07) is 0.775. The minimum absolute atomic E-state index is 0.249. The molecule has 0 spiro atoms. The van der Waals surface area contributed by atoms with E-state index in [0.29, 0.717) is 0 Å². The van der Waals surface area contributed by atoms with Crippen molar-refractivity contribution in [1.29, 1.82) is 0 Å². The Morgan fingerprint density at radius 1 is 1.29 bits per heavy atom. The molecule has 0 aromatic heterocycles. The van der Waals surface area contributed by atoms with Crippen LogP contribution in [0, 0.1) is 5.41 Å². The molecule has 2 N–H and O–H groups in total. The third-order valence-electron chi connectivity index (χ3n) is 3.90. The second-order valence-electron chi connectivity index (χ2n) is 6.37. The fourth-order valence-electron chi connectivity index (χ4n) is 2.65. The van der Waals surface area contributed by atoms with Gasteiger partial charge in [0.2, 0.25) is 0 Å². The molecule has 1 heterocycles. The van der Waals surface area contributed by atoms with Gasteiger partial charge in [0.1, 0.15) is 0 Å². The van der Waals surface area contributed by atoms with Gasteiger partial charge in [0, 0.05) is 12.6 Å². The highest BCUT2D eigenvalue weighted by molar-refractivity contribution is 4.83. The van der Waals surface area contributed by atoms with Gasteiger partial charge in [-0.05, 0) is 57.9 Å². The summed E-state index contributed by atoms with van der Waals surface area (Å²) in [4.78, 5) is 5.12. The molecule has 0 aromatic rings. The number of hydrogen-bond acceptors (Lipinski definition) is 3. The van der Waals surface area contributed by atoms with Gasteiger partial charge in [0.25, 0.3) is 0 Å². The Balaban J connectivity index is 2.53. The van der Waals surface area contributed by atoms with Crippen molar-refractivity contribution in [1.82, 2.24) is 9.80 Å². The van der Waals surface area contributed by atoms with Gasteiger partial charge in [-0.25, -0.2) is 0 Å². The lowest BCUT2D eigenvalue weighted by molar-refractivity contribution is 0.0857. The molecule has 0 unspecified atom stereocenters. The molecule has 0 bridgehead atoms. The van der Waals surface area contributed by atoms with E-state index in [2.05, 4.69) is 37.6 Å². The van der Waals surface area contributed by atoms with Crippen LogP contribution < -0.4 is 5.73 Å². The van der Waals surface area contributed by atoms with Crippen LogP contribution in [0.25, 0.3) is 0 Å². The van der Waals surface area contributed by atoms with E-state index in [1.54, 1.807) is 0 Å². The van der Waals surface area contributed by atoms with Crippen LogP contribution in [0.1, 0.15) is 40.0 Å². The van der Waals surface area contributed by atoms with E-state index >= 15 is 0 Å². The Kier molecular flexibility index (Phi) is 5.90. The number of nitrogens with zero attached hydrogens (tertiary/aromatic N) is 2. The van der Waals surface area contributed by atoms with Crippen LogP contribution in [0.15, 0.2) is 0 Å². The third-order valence-corrected chi connectivity index (χ3v) is 3.90. The van der Waals surface area contributed by atoms with Crippen molar-refractivity contribution in [3.8, 4) is 0 Å². The fraction of sp³-hybridized carbons (Fsp3) is 1.00. The van der Waals surface area contributed by atoms with E-state index in [1.807, 2.05) is 0 Å². The average Bonchev–Trinajstić information content (AvgIpc) is 2.29. The van der Waals surface area contributed by atoms with Gasteiger partial charge in [-0.2, -0.15) is 0 Å². The van der Waals surface area contributed by atoms with E-state index in [9.17, 15) is 0 Å². The van der Waals surface area contributed by atoms with Crippen LogP contribution in [0.5, 0.6) is 0 Å². The summed E-state index contributed by atoms with van der Waals surface area (Å²) in [6.07, 6.45) is 3.88. The van der Waals surface area contributed by atoms with Gasteiger partial charge >= 0.3 is 0 Å². The zero-order chi connectivity index (χ0) is 12.9. The van der Waals surface area contributed by atoms with Crippen molar-refractivity contribution in [3.63, 3.8) is 0 Å². The smallest absolute Gasteiger partial charge is 0.0120 e. The fourth-order valence-corrected chi connectivity index (χ4v) is 2.65. The lowest BCUT2D eigenvalue weighted by Crippen LogP contribution is -2.48. The van der Waals surface area contributed by atoms with Crippen molar-refractivity contribution in [3.05, 3.63) is 0 Å².